The first kappa shape index (κ1) is 13.6. The van der Waals surface area contributed by atoms with Crippen molar-refractivity contribution in [1.29, 1.82) is 0 Å². The lowest BCUT2D eigenvalue weighted by atomic mass is 10.1. The third-order valence-corrected chi connectivity index (χ3v) is 2.83. The molecule has 0 fully saturated rings. The second kappa shape index (κ2) is 5.90. The van der Waals surface area contributed by atoms with Crippen molar-refractivity contribution in [2.24, 2.45) is 5.73 Å². The molecule has 1 heterocycles. The molecule has 1 aromatic heterocycles. The van der Waals surface area contributed by atoms with Crippen LogP contribution in [0.3, 0.4) is 0 Å². The minimum atomic E-state index is -0.286. The van der Waals surface area contributed by atoms with E-state index in [9.17, 15) is 4.39 Å². The lowest BCUT2D eigenvalue weighted by Crippen LogP contribution is -2.12. The summed E-state index contributed by atoms with van der Waals surface area (Å²) in [6.07, 6.45) is 0. The Bertz CT molecular complexity index is 548. The van der Waals surface area contributed by atoms with Gasteiger partial charge in [-0.3, -0.25) is 0 Å². The molecular formula is C13H17FN4O. The van der Waals surface area contributed by atoms with Crippen molar-refractivity contribution in [3.8, 4) is 11.4 Å². The van der Waals surface area contributed by atoms with Gasteiger partial charge in [-0.05, 0) is 30.7 Å². The van der Waals surface area contributed by atoms with Crippen LogP contribution in [0.15, 0.2) is 18.2 Å². The monoisotopic (exact) mass is 264 g/mol. The third kappa shape index (κ3) is 2.97. The van der Waals surface area contributed by atoms with Crippen LogP contribution in [-0.4, -0.2) is 28.5 Å². The molecule has 6 heteroatoms. The predicted octanol–water partition coefficient (Wildman–Crippen LogP) is 1.50. The van der Waals surface area contributed by atoms with E-state index in [1.165, 1.54) is 12.1 Å². The summed E-state index contributed by atoms with van der Waals surface area (Å²) in [6, 6.07) is 4.79. The standard InChI is InChI=1S/C13H17FN4O/c1-9-5-10(7-11(14)6-9)13-17-16-12(8-15)18(13)3-4-19-2/h5-7H,3-4,8,15H2,1-2H3. The zero-order valence-corrected chi connectivity index (χ0v) is 11.1. The molecule has 0 spiro atoms. The lowest BCUT2D eigenvalue weighted by Gasteiger charge is -2.09. The highest BCUT2D eigenvalue weighted by molar-refractivity contribution is 5.56. The second-order valence-corrected chi connectivity index (χ2v) is 4.31. The summed E-state index contributed by atoms with van der Waals surface area (Å²) in [4.78, 5) is 0. The van der Waals surface area contributed by atoms with Gasteiger partial charge in [0.15, 0.2) is 5.82 Å². The highest BCUT2D eigenvalue weighted by Gasteiger charge is 2.13. The van der Waals surface area contributed by atoms with E-state index in [-0.39, 0.29) is 12.4 Å². The van der Waals surface area contributed by atoms with Gasteiger partial charge in [0, 0.05) is 19.2 Å². The van der Waals surface area contributed by atoms with Crippen molar-refractivity contribution in [1.82, 2.24) is 14.8 Å². The highest BCUT2D eigenvalue weighted by Crippen LogP contribution is 2.21. The van der Waals surface area contributed by atoms with E-state index in [2.05, 4.69) is 10.2 Å². The Morgan fingerprint density at radius 3 is 2.74 bits per heavy atom. The molecule has 0 radical (unpaired) electrons. The normalized spacial score (nSPS) is 10.9. The number of hydrogen-bond acceptors (Lipinski definition) is 4. The van der Waals surface area contributed by atoms with Gasteiger partial charge in [-0.2, -0.15) is 0 Å². The Balaban J connectivity index is 2.45. The zero-order valence-electron chi connectivity index (χ0n) is 11.1. The lowest BCUT2D eigenvalue weighted by molar-refractivity contribution is 0.186. The second-order valence-electron chi connectivity index (χ2n) is 4.31. The molecule has 0 aliphatic carbocycles. The number of benzene rings is 1. The SMILES string of the molecule is COCCn1c(CN)nnc1-c1cc(C)cc(F)c1. The van der Waals surface area contributed by atoms with Crippen molar-refractivity contribution in [3.05, 3.63) is 35.4 Å². The van der Waals surface area contributed by atoms with Crippen LogP contribution in [0.25, 0.3) is 11.4 Å². The van der Waals surface area contributed by atoms with E-state index in [1.54, 1.807) is 7.11 Å². The number of nitrogens with zero attached hydrogens (tertiary/aromatic N) is 3. The fraction of sp³-hybridized carbons (Fsp3) is 0.385. The van der Waals surface area contributed by atoms with Crippen LogP contribution in [0.1, 0.15) is 11.4 Å². The van der Waals surface area contributed by atoms with Crippen LogP contribution in [0.5, 0.6) is 0 Å². The Kier molecular flexibility index (Phi) is 4.24. The Morgan fingerprint density at radius 2 is 2.11 bits per heavy atom. The largest absolute Gasteiger partial charge is 0.383 e. The molecule has 2 N–H and O–H groups in total. The van der Waals surface area contributed by atoms with Crippen molar-refractivity contribution in [3.63, 3.8) is 0 Å². The average molecular weight is 264 g/mol. The average Bonchev–Trinajstić information content (AvgIpc) is 2.77. The van der Waals surface area contributed by atoms with E-state index in [4.69, 9.17) is 10.5 Å². The molecule has 2 aromatic rings. The smallest absolute Gasteiger partial charge is 0.164 e. The van der Waals surface area contributed by atoms with Crippen LogP contribution in [0.4, 0.5) is 4.39 Å². The number of halogens is 1. The summed E-state index contributed by atoms with van der Waals surface area (Å²) in [5, 5.41) is 8.14. The minimum absolute atomic E-state index is 0.283. The molecule has 5 nitrogen and oxygen atoms in total. The number of aryl methyl sites for hydroxylation is 1. The van der Waals surface area contributed by atoms with Gasteiger partial charge in [-0.25, -0.2) is 4.39 Å². The summed E-state index contributed by atoms with van der Waals surface area (Å²) in [6.45, 7) is 3.23. The number of nitrogens with two attached hydrogens (primary N) is 1. The summed E-state index contributed by atoms with van der Waals surface area (Å²) < 4.78 is 20.4. The molecule has 2 rings (SSSR count). The van der Waals surface area contributed by atoms with Gasteiger partial charge in [0.05, 0.1) is 13.2 Å². The summed E-state index contributed by atoms with van der Waals surface area (Å²) in [5.74, 6) is 0.986. The first-order chi connectivity index (χ1) is 9.15. The van der Waals surface area contributed by atoms with Gasteiger partial charge in [0.1, 0.15) is 11.6 Å². The first-order valence-corrected chi connectivity index (χ1v) is 6.04. The van der Waals surface area contributed by atoms with Crippen LogP contribution in [0, 0.1) is 12.7 Å². The summed E-state index contributed by atoms with van der Waals surface area (Å²) in [7, 11) is 1.62. The zero-order chi connectivity index (χ0) is 13.8. The maximum absolute atomic E-state index is 13.5. The Labute approximate surface area is 111 Å². The quantitative estimate of drug-likeness (QED) is 0.888. The van der Waals surface area contributed by atoms with Crippen molar-refractivity contribution in [2.45, 2.75) is 20.0 Å². The molecule has 0 saturated carbocycles. The number of ether oxygens (including phenoxy) is 1. The number of hydrogen-bond donors (Lipinski definition) is 1. The van der Waals surface area contributed by atoms with Crippen molar-refractivity contribution in [2.75, 3.05) is 13.7 Å². The molecule has 0 atom stereocenters. The molecule has 0 aliphatic heterocycles. The Hall–Kier alpha value is -1.79. The van der Waals surface area contributed by atoms with Crippen LogP contribution in [0.2, 0.25) is 0 Å². The molecule has 19 heavy (non-hydrogen) atoms. The van der Waals surface area contributed by atoms with E-state index in [1.807, 2.05) is 17.6 Å². The molecule has 0 aliphatic rings. The molecular weight excluding hydrogens is 247 g/mol. The van der Waals surface area contributed by atoms with Gasteiger partial charge in [-0.1, -0.05) is 0 Å². The molecule has 0 unspecified atom stereocenters. The molecule has 0 bridgehead atoms. The van der Waals surface area contributed by atoms with Crippen LogP contribution < -0.4 is 5.73 Å². The van der Waals surface area contributed by atoms with E-state index >= 15 is 0 Å². The van der Waals surface area contributed by atoms with E-state index in [0.29, 0.717) is 30.4 Å². The minimum Gasteiger partial charge on any atom is -0.383 e. The number of methoxy groups -OCH3 is 1. The van der Waals surface area contributed by atoms with E-state index < -0.39 is 0 Å². The fourth-order valence-corrected chi connectivity index (χ4v) is 1.98. The predicted molar refractivity (Wildman–Crippen MR) is 69.9 cm³/mol. The topological polar surface area (TPSA) is 66.0 Å². The molecule has 0 saturated heterocycles. The van der Waals surface area contributed by atoms with Crippen LogP contribution >= 0.6 is 0 Å². The fourth-order valence-electron chi connectivity index (χ4n) is 1.98. The first-order valence-electron chi connectivity index (χ1n) is 6.04. The van der Waals surface area contributed by atoms with E-state index in [0.717, 1.165) is 5.56 Å². The Morgan fingerprint density at radius 1 is 1.32 bits per heavy atom. The number of aromatic nitrogens is 3. The van der Waals surface area contributed by atoms with Gasteiger partial charge in [-0.15, -0.1) is 10.2 Å². The summed E-state index contributed by atoms with van der Waals surface area (Å²) >= 11 is 0. The van der Waals surface area contributed by atoms with Crippen molar-refractivity contribution >= 4 is 0 Å². The number of rotatable bonds is 5. The molecule has 1 aromatic carbocycles. The van der Waals surface area contributed by atoms with Gasteiger partial charge < -0.3 is 15.0 Å². The van der Waals surface area contributed by atoms with Gasteiger partial charge >= 0.3 is 0 Å². The van der Waals surface area contributed by atoms with Crippen molar-refractivity contribution < 1.29 is 9.13 Å². The highest BCUT2D eigenvalue weighted by atomic mass is 19.1. The molecule has 0 amide bonds. The summed E-state index contributed by atoms with van der Waals surface area (Å²) in [5.41, 5.74) is 7.17. The maximum Gasteiger partial charge on any atom is 0.164 e. The van der Waals surface area contributed by atoms with Crippen LogP contribution in [-0.2, 0) is 17.8 Å². The third-order valence-electron chi connectivity index (χ3n) is 2.83. The maximum atomic E-state index is 13.5. The van der Waals surface area contributed by atoms with Gasteiger partial charge in [0.2, 0.25) is 0 Å². The van der Waals surface area contributed by atoms with Gasteiger partial charge in [0.25, 0.3) is 0 Å². The molecule has 102 valence electrons.